The fraction of sp³-hybridized carbons (Fsp3) is 0.625. The summed E-state index contributed by atoms with van der Waals surface area (Å²) in [4.78, 5) is 23.5. The Morgan fingerprint density at radius 3 is 2.32 bits per heavy atom. The third-order valence-electron chi connectivity index (χ3n) is 2.93. The van der Waals surface area contributed by atoms with Crippen LogP contribution in [0.3, 0.4) is 0 Å². The molecule has 0 aromatic heterocycles. The third kappa shape index (κ3) is 9.31. The molecular formula is C16H27NO5. The lowest BCUT2D eigenvalue weighted by molar-refractivity contribution is -0.152. The van der Waals surface area contributed by atoms with E-state index in [1.165, 1.54) is 0 Å². The zero-order valence-corrected chi connectivity index (χ0v) is 14.0. The average molecular weight is 313 g/mol. The highest BCUT2D eigenvalue weighted by Crippen LogP contribution is 2.08. The number of nitrogens with zero attached hydrogens (tertiary/aromatic N) is 1. The van der Waals surface area contributed by atoms with Gasteiger partial charge in [-0.05, 0) is 26.9 Å². The van der Waals surface area contributed by atoms with Gasteiger partial charge in [0.2, 0.25) is 0 Å². The predicted octanol–water partition coefficient (Wildman–Crippen LogP) is 1.91. The molecule has 0 aliphatic carbocycles. The Morgan fingerprint density at radius 1 is 1.41 bits per heavy atom. The van der Waals surface area contributed by atoms with Crippen LogP contribution in [-0.2, 0) is 23.8 Å². The van der Waals surface area contributed by atoms with Crippen LogP contribution in [0.4, 0.5) is 0 Å². The van der Waals surface area contributed by atoms with E-state index in [1.807, 2.05) is 20.8 Å². The number of carbonyl (C=O) groups is 2. The maximum Gasteiger partial charge on any atom is 0.334 e. The van der Waals surface area contributed by atoms with Crippen molar-refractivity contribution in [1.82, 2.24) is 4.90 Å². The summed E-state index contributed by atoms with van der Waals surface area (Å²) in [6.07, 6.45) is 1.12. The number of carbonyl (C=O) groups excluding carboxylic acids is 2. The maximum absolute atomic E-state index is 11.1. The van der Waals surface area contributed by atoms with Crippen LogP contribution in [0.25, 0.3) is 0 Å². The van der Waals surface area contributed by atoms with Crippen LogP contribution in [0.2, 0.25) is 0 Å². The molecule has 2 unspecified atom stereocenters. The van der Waals surface area contributed by atoms with Crippen molar-refractivity contribution in [2.75, 3.05) is 26.3 Å². The largest absolute Gasteiger partial charge is 0.460 e. The minimum atomic E-state index is -0.384. The van der Waals surface area contributed by atoms with Crippen LogP contribution in [0.5, 0.6) is 0 Å². The summed E-state index contributed by atoms with van der Waals surface area (Å²) in [6, 6.07) is 0. The molecular weight excluding hydrogens is 286 g/mol. The van der Waals surface area contributed by atoms with Crippen molar-refractivity contribution in [3.63, 3.8) is 0 Å². The normalized spacial score (nSPS) is 16.9. The zero-order valence-electron chi connectivity index (χ0n) is 14.0. The summed E-state index contributed by atoms with van der Waals surface area (Å²) >= 11 is 0. The number of epoxide rings is 1. The monoisotopic (exact) mass is 313 g/mol. The summed E-state index contributed by atoms with van der Waals surface area (Å²) in [5, 5.41) is 0. The first-order valence-corrected chi connectivity index (χ1v) is 7.36. The molecule has 1 saturated heterocycles. The first-order chi connectivity index (χ1) is 10.3. The standard InChI is InChI=1S/C10H19NO2.C6H8O3/c1-6-11(7-2)9(5)13-10(12)8(3)4;1-2-6(7)9-4-5-3-8-5/h9H,3,6-7H2,1-2,4-5H3;2,5H,1,3-4H2. The van der Waals surface area contributed by atoms with Gasteiger partial charge in [-0.2, -0.15) is 0 Å². The summed E-state index contributed by atoms with van der Waals surface area (Å²) in [5.41, 5.74) is 0.444. The lowest BCUT2D eigenvalue weighted by Gasteiger charge is -2.25. The van der Waals surface area contributed by atoms with E-state index in [0.29, 0.717) is 18.8 Å². The van der Waals surface area contributed by atoms with Gasteiger partial charge >= 0.3 is 11.9 Å². The number of ether oxygens (including phenoxy) is 3. The van der Waals surface area contributed by atoms with Crippen LogP contribution in [0.15, 0.2) is 24.8 Å². The number of hydrogen-bond acceptors (Lipinski definition) is 6. The number of hydrogen-bond donors (Lipinski definition) is 0. The molecule has 126 valence electrons. The maximum atomic E-state index is 11.1. The van der Waals surface area contributed by atoms with Gasteiger partial charge < -0.3 is 14.2 Å². The Kier molecular flexibility index (Phi) is 10.2. The Balaban J connectivity index is 0.000000425. The van der Waals surface area contributed by atoms with Gasteiger partial charge in [-0.25, -0.2) is 9.59 Å². The number of rotatable bonds is 8. The van der Waals surface area contributed by atoms with Crippen LogP contribution in [-0.4, -0.2) is 55.5 Å². The van der Waals surface area contributed by atoms with Crippen molar-refractivity contribution in [3.05, 3.63) is 24.8 Å². The Bertz CT molecular complexity index is 386. The molecule has 0 radical (unpaired) electrons. The molecule has 1 heterocycles. The lowest BCUT2D eigenvalue weighted by atomic mass is 10.3. The van der Waals surface area contributed by atoms with Gasteiger partial charge in [0, 0.05) is 11.6 Å². The highest BCUT2D eigenvalue weighted by Gasteiger charge is 2.23. The smallest absolute Gasteiger partial charge is 0.334 e. The van der Waals surface area contributed by atoms with E-state index in [2.05, 4.69) is 22.8 Å². The topological polar surface area (TPSA) is 68.4 Å². The van der Waals surface area contributed by atoms with E-state index in [9.17, 15) is 9.59 Å². The van der Waals surface area contributed by atoms with E-state index in [0.717, 1.165) is 19.2 Å². The highest BCUT2D eigenvalue weighted by molar-refractivity contribution is 5.87. The molecule has 1 aliphatic heterocycles. The molecule has 2 atom stereocenters. The quantitative estimate of drug-likeness (QED) is 0.295. The fourth-order valence-electron chi connectivity index (χ4n) is 1.47. The van der Waals surface area contributed by atoms with Gasteiger partial charge in [0.1, 0.15) is 12.7 Å². The predicted molar refractivity (Wildman–Crippen MR) is 84.2 cm³/mol. The molecule has 22 heavy (non-hydrogen) atoms. The Morgan fingerprint density at radius 2 is 1.95 bits per heavy atom. The molecule has 1 aliphatic rings. The van der Waals surface area contributed by atoms with Crippen LogP contribution < -0.4 is 0 Å². The average Bonchev–Trinajstić information content (AvgIpc) is 3.30. The molecule has 0 saturated carbocycles. The van der Waals surface area contributed by atoms with E-state index in [1.54, 1.807) is 6.92 Å². The molecule has 0 aromatic rings. The van der Waals surface area contributed by atoms with E-state index < -0.39 is 0 Å². The molecule has 1 fully saturated rings. The summed E-state index contributed by atoms with van der Waals surface area (Å²) in [7, 11) is 0. The van der Waals surface area contributed by atoms with Crippen molar-refractivity contribution in [2.24, 2.45) is 0 Å². The second-order valence-corrected chi connectivity index (χ2v) is 4.80. The second-order valence-electron chi connectivity index (χ2n) is 4.80. The molecule has 0 aromatic carbocycles. The fourth-order valence-corrected chi connectivity index (χ4v) is 1.47. The Hall–Kier alpha value is -1.66. The first kappa shape index (κ1) is 20.3. The third-order valence-corrected chi connectivity index (χ3v) is 2.93. The van der Waals surface area contributed by atoms with Gasteiger partial charge in [-0.1, -0.05) is 27.0 Å². The number of esters is 2. The second kappa shape index (κ2) is 11.0. The van der Waals surface area contributed by atoms with Crippen LogP contribution >= 0.6 is 0 Å². The minimum Gasteiger partial charge on any atom is -0.460 e. The molecule has 6 nitrogen and oxygen atoms in total. The summed E-state index contributed by atoms with van der Waals surface area (Å²) < 4.78 is 14.6. The molecule has 0 bridgehead atoms. The zero-order chi connectivity index (χ0) is 17.1. The summed E-state index contributed by atoms with van der Waals surface area (Å²) in [5.74, 6) is -0.704. The van der Waals surface area contributed by atoms with Crippen molar-refractivity contribution >= 4 is 11.9 Å². The van der Waals surface area contributed by atoms with Crippen molar-refractivity contribution < 1.29 is 23.8 Å². The van der Waals surface area contributed by atoms with Crippen molar-refractivity contribution in [1.29, 1.82) is 0 Å². The SMILES string of the molecule is C=C(C)C(=O)OC(C)N(CC)CC.C=CC(=O)OCC1CO1. The van der Waals surface area contributed by atoms with Gasteiger partial charge in [-0.15, -0.1) is 0 Å². The van der Waals surface area contributed by atoms with Crippen LogP contribution in [0, 0.1) is 0 Å². The highest BCUT2D eigenvalue weighted by atomic mass is 16.6. The molecule has 0 N–H and O–H groups in total. The molecule has 6 heteroatoms. The lowest BCUT2D eigenvalue weighted by Crippen LogP contribution is -2.36. The summed E-state index contributed by atoms with van der Waals surface area (Å²) in [6.45, 7) is 17.2. The van der Waals surface area contributed by atoms with Crippen LogP contribution in [0.1, 0.15) is 27.7 Å². The first-order valence-electron chi connectivity index (χ1n) is 7.36. The van der Waals surface area contributed by atoms with Gasteiger partial charge in [0.25, 0.3) is 0 Å². The molecule has 0 spiro atoms. The van der Waals surface area contributed by atoms with Gasteiger partial charge in [-0.3, -0.25) is 4.90 Å². The van der Waals surface area contributed by atoms with Gasteiger partial charge in [0.05, 0.1) is 6.61 Å². The van der Waals surface area contributed by atoms with E-state index in [4.69, 9.17) is 9.47 Å². The van der Waals surface area contributed by atoms with E-state index in [-0.39, 0.29) is 24.3 Å². The molecule has 1 rings (SSSR count). The van der Waals surface area contributed by atoms with Gasteiger partial charge in [0.15, 0.2) is 6.23 Å². The Labute approximate surface area is 132 Å². The van der Waals surface area contributed by atoms with E-state index >= 15 is 0 Å². The van der Waals surface area contributed by atoms with Crippen molar-refractivity contribution in [3.8, 4) is 0 Å². The minimum absolute atomic E-state index is 0.147. The van der Waals surface area contributed by atoms with Crippen molar-refractivity contribution in [2.45, 2.75) is 40.0 Å². The molecule has 0 amide bonds.